The summed E-state index contributed by atoms with van der Waals surface area (Å²) < 4.78 is 51.3. The molecule has 0 aliphatic heterocycles. The molecule has 0 atom stereocenters. The molecule has 0 saturated carbocycles. The van der Waals surface area contributed by atoms with E-state index in [0.29, 0.717) is 22.2 Å². The smallest absolute Gasteiger partial charge is 0.266 e. The first-order valence-electron chi connectivity index (χ1n) is 7.84. The van der Waals surface area contributed by atoms with Gasteiger partial charge in [-0.2, -0.15) is 0 Å². The highest BCUT2D eigenvalue weighted by molar-refractivity contribution is 7.93. The number of thiazole rings is 1. The average molecular weight is 408 g/mol. The van der Waals surface area contributed by atoms with E-state index in [1.165, 1.54) is 48.2 Å². The average Bonchev–Trinajstić information content (AvgIpc) is 3.20. The van der Waals surface area contributed by atoms with Crippen LogP contribution in [0.5, 0.6) is 11.5 Å². The summed E-state index contributed by atoms with van der Waals surface area (Å²) in [7, 11) is -0.914. The normalized spacial score (nSPS) is 11.2. The predicted octanol–water partition coefficient (Wildman–Crippen LogP) is 3.69. The maximum Gasteiger partial charge on any atom is 0.266 e. The van der Waals surface area contributed by atoms with Crippen LogP contribution in [0.1, 0.15) is 5.56 Å². The minimum atomic E-state index is -3.95. The number of rotatable bonds is 7. The molecule has 9 heteroatoms. The highest BCUT2D eigenvalue weighted by atomic mass is 32.2. The molecule has 0 bridgehead atoms. The van der Waals surface area contributed by atoms with Crippen LogP contribution in [-0.2, 0) is 16.6 Å². The van der Waals surface area contributed by atoms with Gasteiger partial charge in [-0.3, -0.25) is 0 Å². The highest BCUT2D eigenvalue weighted by Gasteiger charge is 2.28. The quantitative estimate of drug-likeness (QED) is 0.596. The number of benzene rings is 2. The maximum atomic E-state index is 13.2. The Morgan fingerprint density at radius 1 is 1.11 bits per heavy atom. The molecule has 0 N–H and O–H groups in total. The van der Waals surface area contributed by atoms with E-state index in [2.05, 4.69) is 4.98 Å². The first-order chi connectivity index (χ1) is 13.0. The lowest BCUT2D eigenvalue weighted by Gasteiger charge is -2.23. The molecular formula is C18H17FN2O4S2. The van der Waals surface area contributed by atoms with Gasteiger partial charge in [0.2, 0.25) is 0 Å². The van der Waals surface area contributed by atoms with E-state index in [1.807, 2.05) is 0 Å². The van der Waals surface area contributed by atoms with Crippen LogP contribution in [0, 0.1) is 5.82 Å². The number of anilines is 1. The van der Waals surface area contributed by atoms with Gasteiger partial charge in [-0.05, 0) is 36.4 Å². The van der Waals surface area contributed by atoms with Gasteiger partial charge in [-0.25, -0.2) is 22.1 Å². The van der Waals surface area contributed by atoms with Gasteiger partial charge in [0.05, 0.1) is 25.7 Å². The van der Waals surface area contributed by atoms with E-state index < -0.39 is 15.8 Å². The fraction of sp³-hybridized carbons (Fsp3) is 0.167. The van der Waals surface area contributed by atoms with Crippen LogP contribution in [0.25, 0.3) is 0 Å². The minimum absolute atomic E-state index is 0.000388. The molecular weight excluding hydrogens is 391 g/mol. The molecule has 0 spiro atoms. The second-order valence-corrected chi connectivity index (χ2v) is 8.19. The SMILES string of the molecule is COc1ccc(CN(c2nccs2)S(=O)(=O)c2ccc(F)cc2)c(OC)c1. The van der Waals surface area contributed by atoms with Gasteiger partial charge in [-0.1, -0.05) is 0 Å². The first kappa shape index (κ1) is 19.1. The third-order valence-corrected chi connectivity index (χ3v) is 6.50. The van der Waals surface area contributed by atoms with Crippen molar-refractivity contribution in [2.24, 2.45) is 0 Å². The molecule has 0 unspecified atom stereocenters. The van der Waals surface area contributed by atoms with Crippen molar-refractivity contribution in [2.45, 2.75) is 11.4 Å². The van der Waals surface area contributed by atoms with Crippen LogP contribution in [-0.4, -0.2) is 27.6 Å². The summed E-state index contributed by atoms with van der Waals surface area (Å²) in [6.07, 6.45) is 1.53. The Morgan fingerprint density at radius 3 is 2.44 bits per heavy atom. The number of ether oxygens (including phenoxy) is 2. The molecule has 6 nitrogen and oxygen atoms in total. The molecule has 3 aromatic rings. The molecule has 0 fully saturated rings. The van der Waals surface area contributed by atoms with Gasteiger partial charge in [0.25, 0.3) is 10.0 Å². The Morgan fingerprint density at radius 2 is 1.85 bits per heavy atom. The Balaban J connectivity index is 2.04. The zero-order chi connectivity index (χ0) is 19.4. The Labute approximate surface area is 160 Å². The van der Waals surface area contributed by atoms with E-state index in [0.717, 1.165) is 12.1 Å². The zero-order valence-corrected chi connectivity index (χ0v) is 16.3. The summed E-state index contributed by atoms with van der Waals surface area (Å²) in [6, 6.07) is 9.83. The molecule has 2 aromatic carbocycles. The molecule has 0 radical (unpaired) electrons. The molecule has 0 saturated heterocycles. The lowest BCUT2D eigenvalue weighted by molar-refractivity contribution is 0.391. The van der Waals surface area contributed by atoms with E-state index >= 15 is 0 Å². The summed E-state index contributed by atoms with van der Waals surface area (Å²) in [4.78, 5) is 4.12. The molecule has 1 heterocycles. The van der Waals surface area contributed by atoms with Crippen LogP contribution < -0.4 is 13.8 Å². The van der Waals surface area contributed by atoms with Gasteiger partial charge < -0.3 is 9.47 Å². The standard InChI is InChI=1S/C18H17FN2O4S2/c1-24-15-6-3-13(17(11-15)25-2)12-21(18-20-9-10-26-18)27(22,23)16-7-4-14(19)5-8-16/h3-11H,12H2,1-2H3. The van der Waals surface area contributed by atoms with Crippen LogP contribution in [0.15, 0.2) is 58.9 Å². The predicted molar refractivity (Wildman–Crippen MR) is 101 cm³/mol. The van der Waals surface area contributed by atoms with Crippen molar-refractivity contribution in [3.8, 4) is 11.5 Å². The fourth-order valence-electron chi connectivity index (χ4n) is 2.47. The minimum Gasteiger partial charge on any atom is -0.497 e. The Kier molecular flexibility index (Phi) is 5.62. The van der Waals surface area contributed by atoms with Crippen molar-refractivity contribution in [2.75, 3.05) is 18.5 Å². The van der Waals surface area contributed by atoms with Gasteiger partial charge in [0, 0.05) is 23.2 Å². The van der Waals surface area contributed by atoms with Crippen LogP contribution in [0.4, 0.5) is 9.52 Å². The van der Waals surface area contributed by atoms with E-state index in [-0.39, 0.29) is 11.4 Å². The van der Waals surface area contributed by atoms with E-state index in [1.54, 1.807) is 23.6 Å². The molecule has 142 valence electrons. The van der Waals surface area contributed by atoms with Crippen LogP contribution >= 0.6 is 11.3 Å². The highest BCUT2D eigenvalue weighted by Crippen LogP contribution is 2.31. The van der Waals surface area contributed by atoms with Crippen molar-refractivity contribution >= 4 is 26.5 Å². The van der Waals surface area contributed by atoms with Gasteiger partial charge >= 0.3 is 0 Å². The van der Waals surface area contributed by atoms with Gasteiger partial charge in [0.1, 0.15) is 17.3 Å². The van der Waals surface area contributed by atoms with E-state index in [4.69, 9.17) is 9.47 Å². The molecule has 1 aromatic heterocycles. The van der Waals surface area contributed by atoms with Crippen LogP contribution in [0.2, 0.25) is 0 Å². The van der Waals surface area contributed by atoms with Gasteiger partial charge in [0.15, 0.2) is 5.13 Å². The summed E-state index contributed by atoms with van der Waals surface area (Å²) in [6.45, 7) is 0.000388. The monoisotopic (exact) mass is 408 g/mol. The number of halogens is 1. The largest absolute Gasteiger partial charge is 0.497 e. The van der Waals surface area contributed by atoms with Gasteiger partial charge in [-0.15, -0.1) is 11.3 Å². The van der Waals surface area contributed by atoms with Crippen molar-refractivity contribution in [3.05, 3.63) is 65.4 Å². The number of hydrogen-bond donors (Lipinski definition) is 0. The van der Waals surface area contributed by atoms with Crippen molar-refractivity contribution in [3.63, 3.8) is 0 Å². The second-order valence-electron chi connectivity index (χ2n) is 5.46. The maximum absolute atomic E-state index is 13.2. The van der Waals surface area contributed by atoms with Crippen LogP contribution in [0.3, 0.4) is 0 Å². The lowest BCUT2D eigenvalue weighted by Crippen LogP contribution is -2.30. The number of hydrogen-bond acceptors (Lipinski definition) is 6. The summed E-state index contributed by atoms with van der Waals surface area (Å²) in [5.74, 6) is 0.578. The molecule has 0 aliphatic rings. The van der Waals surface area contributed by atoms with Crippen molar-refractivity contribution in [1.29, 1.82) is 0 Å². The Bertz CT molecular complexity index is 1010. The number of nitrogens with zero attached hydrogens (tertiary/aromatic N) is 2. The fourth-order valence-corrected chi connectivity index (χ4v) is 4.73. The molecule has 0 aliphatic carbocycles. The second kappa shape index (κ2) is 7.93. The third kappa shape index (κ3) is 4.04. The third-order valence-electron chi connectivity index (χ3n) is 3.84. The number of sulfonamides is 1. The number of aromatic nitrogens is 1. The topological polar surface area (TPSA) is 68.7 Å². The summed E-state index contributed by atoms with van der Waals surface area (Å²) >= 11 is 1.19. The molecule has 27 heavy (non-hydrogen) atoms. The first-order valence-corrected chi connectivity index (χ1v) is 10.2. The zero-order valence-electron chi connectivity index (χ0n) is 14.6. The van der Waals surface area contributed by atoms with E-state index in [9.17, 15) is 12.8 Å². The summed E-state index contributed by atoms with van der Waals surface area (Å²) in [5, 5.41) is 1.99. The molecule has 3 rings (SSSR count). The Hall–Kier alpha value is -2.65. The molecule has 0 amide bonds. The number of methoxy groups -OCH3 is 2. The lowest BCUT2D eigenvalue weighted by atomic mass is 10.2. The summed E-state index contributed by atoms with van der Waals surface area (Å²) in [5.41, 5.74) is 0.638. The van der Waals surface area contributed by atoms with Crippen molar-refractivity contribution in [1.82, 2.24) is 4.98 Å². The van der Waals surface area contributed by atoms with Crippen molar-refractivity contribution < 1.29 is 22.3 Å².